The molecule has 0 saturated heterocycles. The number of carbonyl (C=O) groups excluding carboxylic acids is 1. The van der Waals surface area contributed by atoms with Crippen molar-refractivity contribution in [3.8, 4) is 17.1 Å². The highest BCUT2D eigenvalue weighted by Gasteiger charge is 2.11. The summed E-state index contributed by atoms with van der Waals surface area (Å²) in [7, 11) is 0. The second kappa shape index (κ2) is 7.67. The molecule has 1 amide bonds. The van der Waals surface area contributed by atoms with Crippen molar-refractivity contribution in [3.63, 3.8) is 0 Å². The highest BCUT2D eigenvalue weighted by atomic mass is 32.1. The van der Waals surface area contributed by atoms with Gasteiger partial charge >= 0.3 is 0 Å². The van der Waals surface area contributed by atoms with Crippen LogP contribution in [0.3, 0.4) is 0 Å². The maximum atomic E-state index is 13.0. The maximum absolute atomic E-state index is 13.0. The van der Waals surface area contributed by atoms with Crippen molar-refractivity contribution in [3.05, 3.63) is 72.6 Å². The molecule has 0 unspecified atom stereocenters. The Morgan fingerprint density at radius 2 is 1.92 bits per heavy atom. The van der Waals surface area contributed by atoms with E-state index in [0.717, 1.165) is 11.5 Å². The Morgan fingerprint density at radius 3 is 2.60 bits per heavy atom. The van der Waals surface area contributed by atoms with E-state index in [-0.39, 0.29) is 11.7 Å². The summed E-state index contributed by atoms with van der Waals surface area (Å²) in [6.07, 6.45) is 1.65. The molecule has 5 nitrogen and oxygen atoms in total. The fourth-order valence-electron chi connectivity index (χ4n) is 2.02. The van der Waals surface area contributed by atoms with Gasteiger partial charge < -0.3 is 4.74 Å². The minimum absolute atomic E-state index is 0.294. The summed E-state index contributed by atoms with van der Waals surface area (Å²) in [4.78, 5) is 16.5. The summed E-state index contributed by atoms with van der Waals surface area (Å²) >= 11 is 1.06. The minimum Gasteiger partial charge on any atom is -0.490 e. The lowest BCUT2D eigenvalue weighted by Gasteiger charge is -2.04. The van der Waals surface area contributed by atoms with E-state index in [9.17, 15) is 9.18 Å². The third-order valence-electron chi connectivity index (χ3n) is 3.23. The van der Waals surface area contributed by atoms with E-state index in [0.29, 0.717) is 34.4 Å². The van der Waals surface area contributed by atoms with Gasteiger partial charge in [0.15, 0.2) is 5.82 Å². The molecule has 1 heterocycles. The highest BCUT2D eigenvalue weighted by Crippen LogP contribution is 2.22. The number of nitrogens with zero attached hydrogens (tertiary/aromatic N) is 2. The molecule has 7 heteroatoms. The molecule has 1 N–H and O–H groups in total. The number of rotatable bonds is 6. The number of nitrogens with one attached hydrogen (secondary N) is 1. The van der Waals surface area contributed by atoms with Gasteiger partial charge in [-0.25, -0.2) is 4.39 Å². The molecule has 0 fully saturated rings. The van der Waals surface area contributed by atoms with Crippen LogP contribution in [0, 0.1) is 5.82 Å². The Labute approximate surface area is 148 Å². The lowest BCUT2D eigenvalue weighted by molar-refractivity contribution is 0.102. The summed E-state index contributed by atoms with van der Waals surface area (Å²) in [6.45, 7) is 3.98. The van der Waals surface area contributed by atoms with Crippen LogP contribution < -0.4 is 10.1 Å². The van der Waals surface area contributed by atoms with Gasteiger partial charge in [0.1, 0.15) is 18.2 Å². The molecule has 25 heavy (non-hydrogen) atoms. The Kier molecular flexibility index (Phi) is 5.15. The standard InChI is InChI=1S/C18H14FN3O2S/c1-2-11-24-15-9-5-13(6-10-15)17(23)21-18-20-16(22-25-18)12-3-7-14(19)8-4-12/h2-10H,1,11H2,(H,20,21,22,23). The van der Waals surface area contributed by atoms with Crippen LogP contribution in [0.2, 0.25) is 0 Å². The van der Waals surface area contributed by atoms with Gasteiger partial charge in [0, 0.05) is 22.7 Å². The van der Waals surface area contributed by atoms with Crippen LogP contribution in [0.1, 0.15) is 10.4 Å². The number of benzene rings is 2. The van der Waals surface area contributed by atoms with Gasteiger partial charge in [-0.15, -0.1) is 0 Å². The van der Waals surface area contributed by atoms with E-state index < -0.39 is 0 Å². The largest absolute Gasteiger partial charge is 0.490 e. The van der Waals surface area contributed by atoms with Crippen LogP contribution >= 0.6 is 11.5 Å². The molecule has 0 atom stereocenters. The molecule has 126 valence electrons. The van der Waals surface area contributed by atoms with Crippen LogP contribution in [0.15, 0.2) is 61.2 Å². The van der Waals surface area contributed by atoms with Gasteiger partial charge in [-0.1, -0.05) is 12.7 Å². The number of halogens is 1. The molecule has 0 bridgehead atoms. The van der Waals surface area contributed by atoms with E-state index in [1.54, 1.807) is 42.5 Å². The zero-order chi connectivity index (χ0) is 17.6. The van der Waals surface area contributed by atoms with Gasteiger partial charge in [0.25, 0.3) is 5.91 Å². The van der Waals surface area contributed by atoms with E-state index >= 15 is 0 Å². The van der Waals surface area contributed by atoms with Gasteiger partial charge in [-0.3, -0.25) is 10.1 Å². The molecule has 0 aliphatic rings. The van der Waals surface area contributed by atoms with Gasteiger partial charge in [0.05, 0.1) is 0 Å². The van der Waals surface area contributed by atoms with Crippen LogP contribution in [0.4, 0.5) is 9.52 Å². The van der Waals surface area contributed by atoms with Crippen molar-refractivity contribution in [2.24, 2.45) is 0 Å². The lowest BCUT2D eigenvalue weighted by atomic mass is 10.2. The van der Waals surface area contributed by atoms with Crippen LogP contribution in [-0.2, 0) is 0 Å². The van der Waals surface area contributed by atoms with Crippen LogP contribution in [0.5, 0.6) is 5.75 Å². The normalized spacial score (nSPS) is 10.3. The number of anilines is 1. The van der Waals surface area contributed by atoms with E-state index in [4.69, 9.17) is 4.74 Å². The molecule has 1 aromatic heterocycles. The van der Waals surface area contributed by atoms with Crippen LogP contribution in [-0.4, -0.2) is 21.9 Å². The number of amides is 1. The molecule has 3 aromatic rings. The van der Waals surface area contributed by atoms with Crippen molar-refractivity contribution in [1.29, 1.82) is 0 Å². The summed E-state index contributed by atoms with van der Waals surface area (Å²) in [6, 6.07) is 12.6. The van der Waals surface area contributed by atoms with E-state index in [2.05, 4.69) is 21.3 Å². The molecule has 0 saturated carbocycles. The molecule has 0 radical (unpaired) electrons. The SMILES string of the molecule is C=CCOc1ccc(C(=O)Nc2nc(-c3ccc(F)cc3)ns2)cc1. The summed E-state index contributed by atoms with van der Waals surface area (Å²) in [5.41, 5.74) is 1.16. The van der Waals surface area contributed by atoms with Crippen molar-refractivity contribution >= 4 is 22.6 Å². The first-order chi connectivity index (χ1) is 12.2. The van der Waals surface area contributed by atoms with E-state index in [1.807, 2.05) is 0 Å². The van der Waals surface area contributed by atoms with Crippen molar-refractivity contribution in [2.45, 2.75) is 0 Å². The first kappa shape index (κ1) is 16.8. The van der Waals surface area contributed by atoms with Crippen molar-refractivity contribution < 1.29 is 13.9 Å². The third kappa shape index (κ3) is 4.27. The van der Waals surface area contributed by atoms with Gasteiger partial charge in [0.2, 0.25) is 5.13 Å². The Hall–Kier alpha value is -3.06. The molecular weight excluding hydrogens is 341 g/mol. The predicted molar refractivity (Wildman–Crippen MR) is 95.4 cm³/mol. The average molecular weight is 355 g/mol. The average Bonchev–Trinajstić information content (AvgIpc) is 3.09. The zero-order valence-corrected chi connectivity index (χ0v) is 13.9. The quantitative estimate of drug-likeness (QED) is 0.674. The molecule has 0 aliphatic carbocycles. The smallest absolute Gasteiger partial charge is 0.257 e. The van der Waals surface area contributed by atoms with Gasteiger partial charge in [-0.2, -0.15) is 9.36 Å². The number of ether oxygens (including phenoxy) is 1. The minimum atomic E-state index is -0.326. The molecule has 3 rings (SSSR count). The molecule has 0 aliphatic heterocycles. The second-order valence-corrected chi connectivity index (χ2v) is 5.76. The maximum Gasteiger partial charge on any atom is 0.257 e. The van der Waals surface area contributed by atoms with Crippen molar-refractivity contribution in [1.82, 2.24) is 9.36 Å². The number of hydrogen-bond donors (Lipinski definition) is 1. The summed E-state index contributed by atoms with van der Waals surface area (Å²) in [5.74, 6) is 0.476. The Morgan fingerprint density at radius 1 is 1.20 bits per heavy atom. The number of hydrogen-bond acceptors (Lipinski definition) is 5. The van der Waals surface area contributed by atoms with Crippen molar-refractivity contribution in [2.75, 3.05) is 11.9 Å². The molecule has 2 aromatic carbocycles. The second-order valence-electron chi connectivity index (χ2n) is 5.01. The number of carbonyl (C=O) groups is 1. The first-order valence-electron chi connectivity index (χ1n) is 7.40. The van der Waals surface area contributed by atoms with E-state index in [1.165, 1.54) is 12.1 Å². The topological polar surface area (TPSA) is 64.1 Å². The molecule has 0 spiro atoms. The fourth-order valence-corrected chi connectivity index (χ4v) is 2.60. The lowest BCUT2D eigenvalue weighted by Crippen LogP contribution is -2.11. The zero-order valence-electron chi connectivity index (χ0n) is 13.1. The Bertz CT molecular complexity index is 876. The first-order valence-corrected chi connectivity index (χ1v) is 8.18. The molecular formula is C18H14FN3O2S. The fraction of sp³-hybridized carbons (Fsp3) is 0.0556. The summed E-state index contributed by atoms with van der Waals surface area (Å²) in [5, 5.41) is 3.07. The van der Waals surface area contributed by atoms with Crippen LogP contribution in [0.25, 0.3) is 11.4 Å². The monoisotopic (exact) mass is 355 g/mol. The predicted octanol–water partition coefficient (Wildman–Crippen LogP) is 4.16. The number of aromatic nitrogens is 2. The highest BCUT2D eigenvalue weighted by molar-refractivity contribution is 7.10. The third-order valence-corrected chi connectivity index (χ3v) is 3.86. The Balaban J connectivity index is 1.67. The summed E-state index contributed by atoms with van der Waals surface area (Å²) < 4.78 is 22.5. The van der Waals surface area contributed by atoms with Gasteiger partial charge in [-0.05, 0) is 48.5 Å².